The topological polar surface area (TPSA) is 75.9 Å². The van der Waals surface area contributed by atoms with Gasteiger partial charge in [0.1, 0.15) is 0 Å². The Labute approximate surface area is 112 Å². The minimum Gasteiger partial charge on any atom is -0.396 e. The summed E-state index contributed by atoms with van der Waals surface area (Å²) in [4.78, 5) is 4.10. The number of pyridine rings is 1. The number of aliphatic hydroxyl groups excluding tert-OH is 1. The van der Waals surface area contributed by atoms with Gasteiger partial charge in [-0.3, -0.25) is 9.67 Å². The maximum Gasteiger partial charge on any atom is 0.0965 e. The molecule has 102 valence electrons. The van der Waals surface area contributed by atoms with Crippen LogP contribution in [0.4, 0.5) is 0 Å². The molecule has 2 aromatic rings. The van der Waals surface area contributed by atoms with E-state index in [2.05, 4.69) is 27.5 Å². The van der Waals surface area contributed by atoms with Gasteiger partial charge in [0.2, 0.25) is 0 Å². The van der Waals surface area contributed by atoms with E-state index in [0.717, 1.165) is 11.3 Å². The first-order chi connectivity index (χ1) is 9.29. The molecule has 0 aliphatic heterocycles. The maximum absolute atomic E-state index is 8.76. The van der Waals surface area contributed by atoms with Crippen LogP contribution < -0.4 is 5.32 Å². The average molecular weight is 261 g/mol. The molecule has 0 radical (unpaired) electrons. The molecule has 2 aromatic heterocycles. The van der Waals surface area contributed by atoms with Gasteiger partial charge in [0.05, 0.1) is 5.69 Å². The standard InChI is InChI=1S/C13H19N5O/c1-11(12-4-2-5-14-8-12)15-9-13-10-18(17-16-13)6-3-7-19/h2,4-5,8,10-11,15,19H,3,6-7,9H2,1H3/t11-/m0/s1. The van der Waals surface area contributed by atoms with Crippen molar-refractivity contribution in [1.29, 1.82) is 0 Å². The van der Waals surface area contributed by atoms with Crippen molar-refractivity contribution in [1.82, 2.24) is 25.3 Å². The number of hydrogen-bond acceptors (Lipinski definition) is 5. The highest BCUT2D eigenvalue weighted by molar-refractivity contribution is 5.12. The molecule has 0 fully saturated rings. The molecule has 0 bridgehead atoms. The largest absolute Gasteiger partial charge is 0.396 e. The molecule has 0 saturated heterocycles. The van der Waals surface area contributed by atoms with E-state index in [0.29, 0.717) is 19.5 Å². The second kappa shape index (κ2) is 6.96. The lowest BCUT2D eigenvalue weighted by atomic mass is 10.1. The van der Waals surface area contributed by atoms with E-state index < -0.39 is 0 Å². The van der Waals surface area contributed by atoms with E-state index in [9.17, 15) is 0 Å². The van der Waals surface area contributed by atoms with E-state index in [4.69, 9.17) is 5.11 Å². The van der Waals surface area contributed by atoms with E-state index >= 15 is 0 Å². The van der Waals surface area contributed by atoms with Crippen LogP contribution in [0.25, 0.3) is 0 Å². The van der Waals surface area contributed by atoms with Crippen LogP contribution in [0.2, 0.25) is 0 Å². The Hall–Kier alpha value is -1.79. The van der Waals surface area contributed by atoms with Crippen LogP contribution in [-0.2, 0) is 13.1 Å². The molecule has 0 amide bonds. The minimum atomic E-state index is 0.172. The number of aryl methyl sites for hydroxylation is 1. The van der Waals surface area contributed by atoms with Gasteiger partial charge < -0.3 is 10.4 Å². The number of hydrogen-bond donors (Lipinski definition) is 2. The number of rotatable bonds is 7. The SMILES string of the molecule is C[C@H](NCc1cn(CCCO)nn1)c1cccnc1. The van der Waals surface area contributed by atoms with E-state index in [1.165, 1.54) is 0 Å². The van der Waals surface area contributed by atoms with Crippen molar-refractivity contribution in [3.8, 4) is 0 Å². The zero-order valence-corrected chi connectivity index (χ0v) is 11.0. The Bertz CT molecular complexity index is 485. The number of nitrogens with one attached hydrogen (secondary N) is 1. The molecule has 2 heterocycles. The fourth-order valence-electron chi connectivity index (χ4n) is 1.77. The summed E-state index contributed by atoms with van der Waals surface area (Å²) >= 11 is 0. The highest BCUT2D eigenvalue weighted by Gasteiger charge is 2.06. The predicted octanol–water partition coefficient (Wildman–Crippen LogP) is 0.906. The summed E-state index contributed by atoms with van der Waals surface area (Å²) in [6.45, 7) is 3.62. The summed E-state index contributed by atoms with van der Waals surface area (Å²) in [7, 11) is 0. The summed E-state index contributed by atoms with van der Waals surface area (Å²) in [6.07, 6.45) is 6.22. The van der Waals surface area contributed by atoms with Gasteiger partial charge in [-0.25, -0.2) is 0 Å². The van der Waals surface area contributed by atoms with Gasteiger partial charge in [-0.2, -0.15) is 0 Å². The van der Waals surface area contributed by atoms with Gasteiger partial charge in [0, 0.05) is 44.3 Å². The van der Waals surface area contributed by atoms with Gasteiger partial charge in [0.25, 0.3) is 0 Å². The van der Waals surface area contributed by atoms with Crippen molar-refractivity contribution in [2.24, 2.45) is 0 Å². The van der Waals surface area contributed by atoms with Crippen molar-refractivity contribution in [3.63, 3.8) is 0 Å². The lowest BCUT2D eigenvalue weighted by molar-refractivity contribution is 0.276. The summed E-state index contributed by atoms with van der Waals surface area (Å²) < 4.78 is 1.75. The van der Waals surface area contributed by atoms with Gasteiger partial charge >= 0.3 is 0 Å². The zero-order valence-electron chi connectivity index (χ0n) is 11.0. The fraction of sp³-hybridized carbons (Fsp3) is 0.462. The van der Waals surface area contributed by atoms with E-state index in [-0.39, 0.29) is 12.6 Å². The number of aromatic nitrogens is 4. The molecule has 0 spiro atoms. The van der Waals surface area contributed by atoms with Crippen molar-refractivity contribution < 1.29 is 5.11 Å². The zero-order chi connectivity index (χ0) is 13.5. The van der Waals surface area contributed by atoms with Crippen molar-refractivity contribution in [2.45, 2.75) is 32.5 Å². The molecule has 19 heavy (non-hydrogen) atoms. The molecule has 2 rings (SSSR count). The van der Waals surface area contributed by atoms with Crippen LogP contribution >= 0.6 is 0 Å². The van der Waals surface area contributed by atoms with Crippen molar-refractivity contribution in [3.05, 3.63) is 42.0 Å². The first-order valence-electron chi connectivity index (χ1n) is 6.43. The number of aliphatic hydroxyl groups is 1. The molecule has 0 aliphatic rings. The average Bonchev–Trinajstić information content (AvgIpc) is 2.91. The Balaban J connectivity index is 1.83. The lowest BCUT2D eigenvalue weighted by Crippen LogP contribution is -2.18. The van der Waals surface area contributed by atoms with Crippen LogP contribution in [-0.4, -0.2) is 31.7 Å². The summed E-state index contributed by atoms with van der Waals surface area (Å²) in [6, 6.07) is 4.19. The van der Waals surface area contributed by atoms with E-state index in [1.54, 1.807) is 10.9 Å². The van der Waals surface area contributed by atoms with Crippen LogP contribution in [0.1, 0.15) is 30.6 Å². The second-order valence-corrected chi connectivity index (χ2v) is 4.44. The predicted molar refractivity (Wildman–Crippen MR) is 71.2 cm³/mol. The molecular formula is C13H19N5O. The molecule has 0 unspecified atom stereocenters. The third-order valence-corrected chi connectivity index (χ3v) is 2.91. The van der Waals surface area contributed by atoms with Gasteiger partial charge in [-0.15, -0.1) is 5.10 Å². The molecule has 0 aromatic carbocycles. The Morgan fingerprint density at radius 1 is 1.47 bits per heavy atom. The van der Waals surface area contributed by atoms with Crippen LogP contribution in [0.15, 0.2) is 30.7 Å². The smallest absolute Gasteiger partial charge is 0.0965 e. The van der Waals surface area contributed by atoms with E-state index in [1.807, 2.05) is 24.5 Å². The minimum absolute atomic E-state index is 0.172. The molecule has 0 aliphatic carbocycles. The molecule has 6 heteroatoms. The molecule has 0 saturated carbocycles. The lowest BCUT2D eigenvalue weighted by Gasteiger charge is -2.12. The molecule has 1 atom stereocenters. The first kappa shape index (κ1) is 13.6. The quantitative estimate of drug-likeness (QED) is 0.774. The van der Waals surface area contributed by atoms with Crippen LogP contribution in [0.3, 0.4) is 0 Å². The Morgan fingerprint density at radius 3 is 3.11 bits per heavy atom. The summed E-state index contributed by atoms with van der Waals surface area (Å²) in [5.41, 5.74) is 2.05. The van der Waals surface area contributed by atoms with Gasteiger partial charge in [-0.1, -0.05) is 11.3 Å². The second-order valence-electron chi connectivity index (χ2n) is 4.44. The van der Waals surface area contributed by atoms with Crippen LogP contribution in [0, 0.1) is 0 Å². The fourth-order valence-corrected chi connectivity index (χ4v) is 1.77. The highest BCUT2D eigenvalue weighted by atomic mass is 16.3. The van der Waals surface area contributed by atoms with Crippen molar-refractivity contribution in [2.75, 3.05) is 6.61 Å². The maximum atomic E-state index is 8.76. The van der Waals surface area contributed by atoms with Gasteiger partial charge in [-0.05, 0) is 25.0 Å². The summed E-state index contributed by atoms with van der Waals surface area (Å²) in [5.74, 6) is 0. The molecule has 6 nitrogen and oxygen atoms in total. The third kappa shape index (κ3) is 4.11. The normalized spacial score (nSPS) is 12.5. The van der Waals surface area contributed by atoms with Crippen LogP contribution in [0.5, 0.6) is 0 Å². The first-order valence-corrected chi connectivity index (χ1v) is 6.43. The monoisotopic (exact) mass is 261 g/mol. The number of nitrogens with zero attached hydrogens (tertiary/aromatic N) is 4. The Morgan fingerprint density at radius 2 is 2.37 bits per heavy atom. The molecular weight excluding hydrogens is 242 g/mol. The van der Waals surface area contributed by atoms with Gasteiger partial charge in [0.15, 0.2) is 0 Å². The summed E-state index contributed by atoms with van der Waals surface area (Å²) in [5, 5.41) is 20.2. The molecule has 2 N–H and O–H groups in total. The van der Waals surface area contributed by atoms with Crippen molar-refractivity contribution >= 4 is 0 Å². The third-order valence-electron chi connectivity index (χ3n) is 2.91. The Kier molecular flexibility index (Phi) is 5.00. The highest BCUT2D eigenvalue weighted by Crippen LogP contribution is 2.10.